The summed E-state index contributed by atoms with van der Waals surface area (Å²) in [6, 6.07) is 0. The molecule has 0 aromatic carbocycles. The number of hydrogen-bond acceptors (Lipinski definition) is 0. The van der Waals surface area contributed by atoms with Gasteiger partial charge in [-0.05, 0) is 42.9 Å². The van der Waals surface area contributed by atoms with Crippen LogP contribution in [0.3, 0.4) is 0 Å². The molecule has 10 heavy (non-hydrogen) atoms. The molecule has 0 radical (unpaired) electrons. The molecule has 54 valence electrons. The summed E-state index contributed by atoms with van der Waals surface area (Å²) in [7, 11) is 1.55. The van der Waals surface area contributed by atoms with Crippen LogP contribution in [0, 0.1) is 23.7 Å². The predicted molar refractivity (Wildman–Crippen MR) is 44.6 cm³/mol. The first-order chi connectivity index (χ1) is 4.93. The zero-order chi connectivity index (χ0) is 6.55. The first kappa shape index (κ1) is 5.68. The molecule has 0 spiro atoms. The zero-order valence-corrected chi connectivity index (χ0v) is 6.55. The molecule has 0 N–H and O–H groups in total. The van der Waals surface area contributed by atoms with Gasteiger partial charge in [0.1, 0.15) is 7.28 Å². The highest BCUT2D eigenvalue weighted by molar-refractivity contribution is 6.36. The van der Waals surface area contributed by atoms with Crippen molar-refractivity contribution < 1.29 is 0 Å². The van der Waals surface area contributed by atoms with Gasteiger partial charge in [0.2, 0.25) is 0 Å². The van der Waals surface area contributed by atoms with Crippen LogP contribution >= 0.6 is 0 Å². The fourth-order valence-corrected chi connectivity index (χ4v) is 3.74. The van der Waals surface area contributed by atoms with E-state index in [0.29, 0.717) is 0 Å². The second kappa shape index (κ2) is 1.81. The van der Waals surface area contributed by atoms with E-state index in [1.54, 1.807) is 39.2 Å². The van der Waals surface area contributed by atoms with Crippen molar-refractivity contribution in [2.75, 3.05) is 0 Å². The molecule has 1 saturated heterocycles. The van der Waals surface area contributed by atoms with E-state index in [-0.39, 0.29) is 0 Å². The summed E-state index contributed by atoms with van der Waals surface area (Å²) in [5.74, 6) is 4.78. The Morgan fingerprint density at radius 1 is 0.900 bits per heavy atom. The SMILES string of the molecule is B1CC2CC3CC(C3)C2C1. The van der Waals surface area contributed by atoms with Crippen molar-refractivity contribution in [3.63, 3.8) is 0 Å². The van der Waals surface area contributed by atoms with E-state index in [2.05, 4.69) is 0 Å². The minimum Gasteiger partial charge on any atom is -0.0744 e. The monoisotopic (exact) mass is 134 g/mol. The van der Waals surface area contributed by atoms with Crippen molar-refractivity contribution in [1.29, 1.82) is 0 Å². The lowest BCUT2D eigenvalue weighted by atomic mass is 9.57. The van der Waals surface area contributed by atoms with Crippen molar-refractivity contribution in [3.05, 3.63) is 0 Å². The predicted octanol–water partition coefficient (Wildman–Crippen LogP) is 1.94. The molecule has 4 rings (SSSR count). The molecule has 0 amide bonds. The highest BCUT2D eigenvalue weighted by Crippen LogP contribution is 2.56. The quantitative estimate of drug-likeness (QED) is 0.444. The zero-order valence-electron chi connectivity index (χ0n) is 6.55. The summed E-state index contributed by atoms with van der Waals surface area (Å²) in [5.41, 5.74) is 0. The van der Waals surface area contributed by atoms with E-state index in [1.807, 2.05) is 0 Å². The molecule has 0 nitrogen and oxygen atoms in total. The first-order valence-electron chi connectivity index (χ1n) is 4.93. The van der Waals surface area contributed by atoms with E-state index >= 15 is 0 Å². The van der Waals surface area contributed by atoms with Crippen molar-refractivity contribution in [3.8, 4) is 0 Å². The van der Waals surface area contributed by atoms with Crippen molar-refractivity contribution in [1.82, 2.24) is 0 Å². The molecule has 3 saturated carbocycles. The fraction of sp³-hybridized carbons (Fsp3) is 1.00. The van der Waals surface area contributed by atoms with Crippen LogP contribution in [0.25, 0.3) is 0 Å². The van der Waals surface area contributed by atoms with Gasteiger partial charge in [0.15, 0.2) is 0 Å². The van der Waals surface area contributed by atoms with Crippen LogP contribution in [-0.2, 0) is 0 Å². The second-order valence-corrected chi connectivity index (χ2v) is 4.69. The summed E-state index contributed by atoms with van der Waals surface area (Å²) in [4.78, 5) is 0. The van der Waals surface area contributed by atoms with Crippen LogP contribution in [0.2, 0.25) is 12.6 Å². The Bertz CT molecular complexity index is 149. The van der Waals surface area contributed by atoms with Gasteiger partial charge in [0.25, 0.3) is 0 Å². The normalized spacial score (nSPS) is 56.8. The van der Waals surface area contributed by atoms with E-state index in [1.165, 1.54) is 23.7 Å². The average molecular weight is 134 g/mol. The summed E-state index contributed by atoms with van der Waals surface area (Å²) in [5, 5.41) is 0. The molecule has 4 fully saturated rings. The van der Waals surface area contributed by atoms with Crippen LogP contribution in [0.4, 0.5) is 0 Å². The third-order valence-corrected chi connectivity index (χ3v) is 4.23. The molecule has 0 aromatic rings. The Balaban J connectivity index is 1.84. The maximum atomic E-state index is 1.61. The van der Waals surface area contributed by atoms with Gasteiger partial charge in [-0.15, -0.1) is 0 Å². The van der Waals surface area contributed by atoms with Crippen LogP contribution in [0.1, 0.15) is 19.3 Å². The fourth-order valence-electron chi connectivity index (χ4n) is 3.74. The lowest BCUT2D eigenvalue weighted by molar-refractivity contribution is 0.0229. The van der Waals surface area contributed by atoms with E-state index in [9.17, 15) is 0 Å². The topological polar surface area (TPSA) is 0 Å². The van der Waals surface area contributed by atoms with Gasteiger partial charge in [-0.25, -0.2) is 0 Å². The van der Waals surface area contributed by atoms with Crippen molar-refractivity contribution in [2.45, 2.75) is 31.9 Å². The molecule has 2 unspecified atom stereocenters. The Morgan fingerprint density at radius 3 is 2.50 bits per heavy atom. The van der Waals surface area contributed by atoms with Crippen LogP contribution in [0.5, 0.6) is 0 Å². The Labute approximate surface area is 63.6 Å². The van der Waals surface area contributed by atoms with Gasteiger partial charge in [-0.2, -0.15) is 0 Å². The lowest BCUT2D eigenvalue weighted by Crippen LogP contribution is -2.39. The minimum absolute atomic E-state index is 1.18. The molecule has 1 heterocycles. The van der Waals surface area contributed by atoms with Gasteiger partial charge in [-0.3, -0.25) is 0 Å². The molecular weight excluding hydrogens is 119 g/mol. The molecule has 2 atom stereocenters. The molecular formula is C9H15B. The smallest absolute Gasteiger partial charge is 0.0744 e. The van der Waals surface area contributed by atoms with E-state index < -0.39 is 0 Å². The Kier molecular flexibility index (Phi) is 1.03. The lowest BCUT2D eigenvalue weighted by Gasteiger charge is -2.49. The van der Waals surface area contributed by atoms with Gasteiger partial charge in [0, 0.05) is 0 Å². The summed E-state index contributed by atoms with van der Waals surface area (Å²) < 4.78 is 0. The number of hydrogen-bond donors (Lipinski definition) is 0. The summed E-state index contributed by atoms with van der Waals surface area (Å²) in [6.07, 6.45) is 8.00. The molecule has 3 aliphatic carbocycles. The van der Waals surface area contributed by atoms with Gasteiger partial charge in [0.05, 0.1) is 0 Å². The first-order valence-corrected chi connectivity index (χ1v) is 4.93. The molecule has 0 aromatic heterocycles. The number of rotatable bonds is 0. The molecule has 4 aliphatic rings. The maximum Gasteiger partial charge on any atom is 0.121 e. The highest BCUT2D eigenvalue weighted by atomic mass is 14.5. The minimum atomic E-state index is 1.18. The van der Waals surface area contributed by atoms with Gasteiger partial charge in [-0.1, -0.05) is 12.6 Å². The van der Waals surface area contributed by atoms with Crippen LogP contribution in [0.15, 0.2) is 0 Å². The van der Waals surface area contributed by atoms with E-state index in [0.717, 1.165) is 0 Å². The van der Waals surface area contributed by atoms with Gasteiger partial charge >= 0.3 is 0 Å². The standard InChI is InChI=1S/C9H15B/c1-6-2-7(1)9-5-10-4-8(9)3-6/h6-10H,1-5H2. The maximum absolute atomic E-state index is 1.61. The molecule has 1 aliphatic heterocycles. The van der Waals surface area contributed by atoms with Crippen LogP contribution in [-0.4, -0.2) is 7.28 Å². The largest absolute Gasteiger partial charge is 0.121 e. The molecule has 2 bridgehead atoms. The third kappa shape index (κ3) is 0.593. The van der Waals surface area contributed by atoms with Crippen molar-refractivity contribution >= 4 is 7.28 Å². The molecule has 1 heteroatoms. The van der Waals surface area contributed by atoms with E-state index in [4.69, 9.17) is 0 Å². The summed E-state index contributed by atoms with van der Waals surface area (Å²) in [6.45, 7) is 0. The van der Waals surface area contributed by atoms with Crippen molar-refractivity contribution in [2.24, 2.45) is 23.7 Å². The Morgan fingerprint density at radius 2 is 1.70 bits per heavy atom. The second-order valence-electron chi connectivity index (χ2n) is 4.69. The van der Waals surface area contributed by atoms with Crippen LogP contribution < -0.4 is 0 Å². The Hall–Kier alpha value is 0.0649. The highest BCUT2D eigenvalue weighted by Gasteiger charge is 2.46. The summed E-state index contributed by atoms with van der Waals surface area (Å²) >= 11 is 0. The van der Waals surface area contributed by atoms with Gasteiger partial charge < -0.3 is 0 Å². The average Bonchev–Trinajstić information content (AvgIpc) is 2.29. The third-order valence-electron chi connectivity index (χ3n) is 4.23.